The van der Waals surface area contributed by atoms with Crippen LogP contribution in [0.2, 0.25) is 0 Å². The van der Waals surface area contributed by atoms with Crippen molar-refractivity contribution < 1.29 is 0 Å². The summed E-state index contributed by atoms with van der Waals surface area (Å²) in [5, 5.41) is 14.0. The molecule has 0 N–H and O–H groups in total. The van der Waals surface area contributed by atoms with Crippen molar-refractivity contribution in [3.05, 3.63) is 358 Å². The first-order valence-corrected chi connectivity index (χ1v) is 36.2. The molecule has 0 saturated heterocycles. The van der Waals surface area contributed by atoms with E-state index in [0.717, 1.165) is 121 Å². The zero-order chi connectivity index (χ0) is 70.9. The van der Waals surface area contributed by atoms with Gasteiger partial charge >= 0.3 is 0 Å². The van der Waals surface area contributed by atoms with Crippen LogP contribution in [0.1, 0.15) is 0 Å². The molecule has 504 valence electrons. The first-order valence-electron chi connectivity index (χ1n) is 36.2. The summed E-state index contributed by atoms with van der Waals surface area (Å²) >= 11 is 0. The van der Waals surface area contributed by atoms with E-state index in [-0.39, 0.29) is 0 Å². The van der Waals surface area contributed by atoms with Crippen LogP contribution in [0.15, 0.2) is 358 Å². The fourth-order valence-corrected chi connectivity index (χ4v) is 16.6. The Balaban J connectivity index is 0.000000135. The second kappa shape index (κ2) is 24.3. The van der Waals surface area contributed by atoms with Crippen LogP contribution < -0.4 is 0 Å². The molecule has 0 unspecified atom stereocenters. The number of para-hydroxylation sites is 10. The molecule has 0 fully saturated rings. The first-order chi connectivity index (χ1) is 53.6. The van der Waals surface area contributed by atoms with E-state index in [4.69, 9.17) is 29.9 Å². The maximum absolute atomic E-state index is 5.36. The second-order valence-electron chi connectivity index (χ2n) is 27.3. The number of rotatable bonds is 9. The van der Waals surface area contributed by atoms with Gasteiger partial charge in [0.2, 0.25) is 23.8 Å². The van der Waals surface area contributed by atoms with Crippen LogP contribution in [0.25, 0.3) is 200 Å². The third kappa shape index (κ3) is 9.48. The lowest BCUT2D eigenvalue weighted by atomic mass is 10.0. The van der Waals surface area contributed by atoms with Gasteiger partial charge in [0, 0.05) is 99.5 Å². The monoisotopic (exact) mass is 1380 g/mol. The van der Waals surface area contributed by atoms with Crippen molar-refractivity contribution in [1.29, 1.82) is 0 Å². The smallest absolute Gasteiger partial charge is 0.240 e. The summed E-state index contributed by atoms with van der Waals surface area (Å²) < 4.78 is 13.4. The SMILES string of the molecule is c1ccc(-c2ccc(-c3nc(-n4c5ccccc5c5ccccc54)nc(-n4c5ccccc5c5cc(-n6c7ccccc7c7ccccc76)ccc54)n3)cc2)cc1.c1ccc2c(c1)c1ccccc1n2-c1ccc2c(c1)c1ccccc1n2-c1nc(-c2ccncc2)nc(-n2c3ccccc3c3ccccc32)n1. The number of nitrogens with zero attached hydrogens (tertiary/aromatic N) is 13. The summed E-state index contributed by atoms with van der Waals surface area (Å²) in [6, 6.07) is 122. The Morgan fingerprint density at radius 2 is 0.380 bits per heavy atom. The number of fused-ring (bicyclic) bond motifs is 18. The Morgan fingerprint density at radius 3 is 0.676 bits per heavy atom. The van der Waals surface area contributed by atoms with Crippen LogP contribution >= 0.6 is 0 Å². The highest BCUT2D eigenvalue weighted by atomic mass is 15.3. The minimum atomic E-state index is 0.546. The Morgan fingerprint density at radius 1 is 0.157 bits per heavy atom. The van der Waals surface area contributed by atoms with E-state index in [2.05, 4.69) is 360 Å². The zero-order valence-electron chi connectivity index (χ0n) is 57.9. The quantitative estimate of drug-likeness (QED) is 0.141. The molecule has 0 amide bonds. The van der Waals surface area contributed by atoms with Gasteiger partial charge in [-0.2, -0.15) is 29.9 Å². The van der Waals surface area contributed by atoms with Crippen LogP contribution in [0, 0.1) is 0 Å². The van der Waals surface area contributed by atoms with Crippen molar-refractivity contribution in [3.8, 4) is 69.1 Å². The summed E-state index contributed by atoms with van der Waals surface area (Å²) in [6.07, 6.45) is 3.55. The average molecular weight is 1380 g/mol. The Bertz CT molecular complexity index is 7350. The lowest BCUT2D eigenvalue weighted by Gasteiger charge is -2.13. The van der Waals surface area contributed by atoms with Gasteiger partial charge in [-0.25, -0.2) is 0 Å². The third-order valence-corrected chi connectivity index (χ3v) is 21.4. The van der Waals surface area contributed by atoms with Gasteiger partial charge in [-0.05, 0) is 120 Å². The molecule has 9 heterocycles. The molecule has 0 saturated carbocycles. The van der Waals surface area contributed by atoms with E-state index in [1.165, 1.54) is 43.6 Å². The summed E-state index contributed by atoms with van der Waals surface area (Å²) in [5.41, 5.74) is 19.2. The lowest BCUT2D eigenvalue weighted by Crippen LogP contribution is -2.10. The van der Waals surface area contributed by atoms with E-state index < -0.39 is 0 Å². The maximum atomic E-state index is 5.36. The van der Waals surface area contributed by atoms with Crippen LogP contribution in [-0.2, 0) is 0 Å². The molecule has 108 heavy (non-hydrogen) atoms. The van der Waals surface area contributed by atoms with Gasteiger partial charge in [0.15, 0.2) is 11.6 Å². The standard InChI is InChI=1S/C51H32N6.C44H27N7/c1-2-14-33(15-3-1)34-26-28-35(29-27-34)49-52-50(56-45-23-11-6-18-39(45)40-19-7-12-24-46(40)56)54-51(53-49)57-47-25-13-8-20-41(47)42-32-36(30-31-48(42)57)55-43-21-9-4-16-37(43)38-17-5-10-22-44(38)55;1-6-16-36-30(11-1)31-12-2-7-17-37(31)49(36)29-21-22-41-35(27-29)34-15-5-10-20-40(34)51(41)44-47-42(28-23-25-45-26-24-28)46-43(48-44)50-38-18-8-3-13-32(38)33-14-4-9-19-39(33)50/h1-32H;1-27H. The zero-order valence-corrected chi connectivity index (χ0v) is 57.9. The predicted molar refractivity (Wildman–Crippen MR) is 440 cm³/mol. The van der Waals surface area contributed by atoms with Crippen molar-refractivity contribution in [2.75, 3.05) is 0 Å². The number of hydrogen-bond acceptors (Lipinski definition) is 7. The van der Waals surface area contributed by atoms with E-state index in [1.807, 2.05) is 18.2 Å². The van der Waals surface area contributed by atoms with Crippen molar-refractivity contribution in [2.24, 2.45) is 0 Å². The molecule has 0 aliphatic carbocycles. The first kappa shape index (κ1) is 60.6. The molecule has 0 aliphatic rings. The minimum Gasteiger partial charge on any atom is -0.309 e. The van der Waals surface area contributed by atoms with Crippen LogP contribution in [0.4, 0.5) is 0 Å². The van der Waals surface area contributed by atoms with Gasteiger partial charge in [-0.1, -0.05) is 237 Å². The maximum Gasteiger partial charge on any atom is 0.240 e. The highest BCUT2D eigenvalue weighted by molar-refractivity contribution is 6.15. The molecule has 23 rings (SSSR count). The fraction of sp³-hybridized carbons (Fsp3) is 0. The third-order valence-electron chi connectivity index (χ3n) is 21.4. The van der Waals surface area contributed by atoms with E-state index in [0.29, 0.717) is 35.4 Å². The molecule has 0 spiro atoms. The number of benzene rings is 14. The van der Waals surface area contributed by atoms with Gasteiger partial charge in [-0.3, -0.25) is 23.3 Å². The molecule has 9 aromatic heterocycles. The highest BCUT2D eigenvalue weighted by Crippen LogP contribution is 2.42. The molecule has 0 radical (unpaired) electrons. The molecule has 0 atom stereocenters. The molecule has 0 bridgehead atoms. The van der Waals surface area contributed by atoms with E-state index in [9.17, 15) is 0 Å². The summed E-state index contributed by atoms with van der Waals surface area (Å²) in [4.78, 5) is 35.7. The number of aromatic nitrogens is 13. The highest BCUT2D eigenvalue weighted by Gasteiger charge is 2.25. The van der Waals surface area contributed by atoms with Gasteiger partial charge in [0.05, 0.1) is 66.2 Å². The summed E-state index contributed by atoms with van der Waals surface area (Å²) in [7, 11) is 0. The fourth-order valence-electron chi connectivity index (χ4n) is 16.6. The molecular weight excluding hydrogens is 1320 g/mol. The van der Waals surface area contributed by atoms with E-state index in [1.54, 1.807) is 12.4 Å². The van der Waals surface area contributed by atoms with Crippen LogP contribution in [0.5, 0.6) is 0 Å². The van der Waals surface area contributed by atoms with Crippen LogP contribution in [0.3, 0.4) is 0 Å². The summed E-state index contributed by atoms with van der Waals surface area (Å²) in [6.45, 7) is 0. The predicted octanol–water partition coefficient (Wildman–Crippen LogP) is 22.7. The number of hydrogen-bond donors (Lipinski definition) is 0. The van der Waals surface area contributed by atoms with Gasteiger partial charge in [0.1, 0.15) is 0 Å². The molecule has 14 aromatic carbocycles. The topological polar surface area (TPSA) is 120 Å². The Labute approximate surface area is 616 Å². The second-order valence-corrected chi connectivity index (χ2v) is 27.3. The molecule has 0 aliphatic heterocycles. The van der Waals surface area contributed by atoms with Crippen molar-refractivity contribution in [3.63, 3.8) is 0 Å². The molecular formula is C95H59N13. The van der Waals surface area contributed by atoms with Crippen molar-refractivity contribution >= 4 is 131 Å². The largest absolute Gasteiger partial charge is 0.309 e. The lowest BCUT2D eigenvalue weighted by molar-refractivity contribution is 0.892. The van der Waals surface area contributed by atoms with Crippen molar-refractivity contribution in [2.45, 2.75) is 0 Å². The summed E-state index contributed by atoms with van der Waals surface area (Å²) in [5.74, 6) is 3.39. The minimum absolute atomic E-state index is 0.546. The van der Waals surface area contributed by atoms with Crippen molar-refractivity contribution in [1.82, 2.24) is 62.3 Å². The van der Waals surface area contributed by atoms with E-state index >= 15 is 0 Å². The molecule has 13 heteroatoms. The van der Waals surface area contributed by atoms with Gasteiger partial charge in [-0.15, -0.1) is 0 Å². The average Bonchev–Trinajstić information content (AvgIpc) is 1.57. The Kier molecular flexibility index (Phi) is 13.7. The van der Waals surface area contributed by atoms with Crippen LogP contribution in [-0.4, -0.2) is 62.3 Å². The number of pyridine rings is 1. The van der Waals surface area contributed by atoms with Gasteiger partial charge in [0.25, 0.3) is 0 Å². The normalized spacial score (nSPS) is 11.9. The van der Waals surface area contributed by atoms with Gasteiger partial charge < -0.3 is 9.13 Å². The molecule has 13 nitrogen and oxygen atoms in total. The molecule has 23 aromatic rings. The Hall–Kier alpha value is -15.0.